The average molecular weight is 432 g/mol. The number of ketones is 3. The van der Waals surface area contributed by atoms with Gasteiger partial charge in [-0.25, -0.2) is 4.39 Å². The molecule has 0 unspecified atom stereocenters. The molecular formula is C24H29FO6. The Hall–Kier alpha value is -2.15. The lowest BCUT2D eigenvalue weighted by molar-refractivity contribution is -0.170. The fourth-order valence-electron chi connectivity index (χ4n) is 6.96. The molecule has 1 N–H and O–H groups in total. The number of carbonyl (C=O) groups excluding carboxylic acids is 4. The molecule has 6 nitrogen and oxygen atoms in total. The van der Waals surface area contributed by atoms with Crippen molar-refractivity contribution in [1.29, 1.82) is 0 Å². The molecule has 168 valence electrons. The zero-order valence-corrected chi connectivity index (χ0v) is 18.2. The van der Waals surface area contributed by atoms with Crippen LogP contribution < -0.4 is 0 Å². The van der Waals surface area contributed by atoms with Crippen molar-refractivity contribution in [2.24, 2.45) is 28.6 Å². The molecule has 0 amide bonds. The maximum Gasteiger partial charge on any atom is 0.303 e. The lowest BCUT2D eigenvalue weighted by Crippen LogP contribution is -2.60. The van der Waals surface area contributed by atoms with Gasteiger partial charge in [-0.05, 0) is 48.3 Å². The van der Waals surface area contributed by atoms with E-state index in [2.05, 4.69) is 0 Å². The zero-order valence-electron chi connectivity index (χ0n) is 18.2. The molecule has 0 aromatic heterocycles. The summed E-state index contributed by atoms with van der Waals surface area (Å²) in [6.45, 7) is 3.63. The molecule has 0 radical (unpaired) electrons. The molecule has 31 heavy (non-hydrogen) atoms. The van der Waals surface area contributed by atoms with Crippen LogP contribution in [-0.4, -0.2) is 47.3 Å². The third-order valence-corrected chi connectivity index (χ3v) is 8.57. The summed E-state index contributed by atoms with van der Waals surface area (Å²) in [7, 11) is 0. The van der Waals surface area contributed by atoms with Gasteiger partial charge in [-0.3, -0.25) is 19.2 Å². The number of halogens is 1. The minimum absolute atomic E-state index is 0.0246. The van der Waals surface area contributed by atoms with Crippen molar-refractivity contribution in [3.05, 3.63) is 23.3 Å². The Balaban J connectivity index is 1.77. The number of rotatable bonds is 4. The number of hydrogen-bond acceptors (Lipinski definition) is 6. The monoisotopic (exact) mass is 432 g/mol. The first-order valence-electron chi connectivity index (χ1n) is 10.9. The Kier molecular flexibility index (Phi) is 5.11. The molecule has 0 heterocycles. The molecule has 4 rings (SSSR count). The SMILES string of the molecule is CC(=O)OCC(=O)[C@@]1(O)CC[C@H]2[C@@H]3C=C(CF)C4=CC(=O)CC[C@]4(C)[C@H]3C(=O)C[C@@]21C. The summed E-state index contributed by atoms with van der Waals surface area (Å²) in [4.78, 5) is 49.6. The number of Topliss-reactive ketones (excluding diaryl/α,β-unsaturated/α-hetero) is 2. The van der Waals surface area contributed by atoms with Crippen molar-refractivity contribution in [2.45, 2.75) is 58.5 Å². The van der Waals surface area contributed by atoms with Gasteiger partial charge in [0, 0.05) is 36.5 Å². The van der Waals surface area contributed by atoms with Crippen molar-refractivity contribution in [1.82, 2.24) is 0 Å². The predicted molar refractivity (Wildman–Crippen MR) is 109 cm³/mol. The van der Waals surface area contributed by atoms with E-state index in [1.165, 1.54) is 13.0 Å². The summed E-state index contributed by atoms with van der Waals surface area (Å²) in [6, 6.07) is 0. The van der Waals surface area contributed by atoms with Gasteiger partial charge in [-0.1, -0.05) is 19.9 Å². The van der Waals surface area contributed by atoms with Crippen LogP contribution in [0.4, 0.5) is 4.39 Å². The first-order chi connectivity index (χ1) is 14.5. The number of ether oxygens (including phenoxy) is 1. The normalized spacial score (nSPS) is 41.5. The molecule has 0 aromatic carbocycles. The molecule has 0 spiro atoms. The Morgan fingerprint density at radius 1 is 1.26 bits per heavy atom. The van der Waals surface area contributed by atoms with Crippen LogP contribution >= 0.6 is 0 Å². The summed E-state index contributed by atoms with van der Waals surface area (Å²) < 4.78 is 18.9. The molecule has 2 fully saturated rings. The maximum atomic E-state index is 14.0. The first-order valence-corrected chi connectivity index (χ1v) is 10.9. The predicted octanol–water partition coefficient (Wildman–Crippen LogP) is 2.68. The molecular weight excluding hydrogens is 403 g/mol. The Labute approximate surface area is 180 Å². The number of allylic oxidation sites excluding steroid dienone is 4. The average Bonchev–Trinajstić information content (AvgIpc) is 2.97. The number of carbonyl (C=O) groups is 4. The summed E-state index contributed by atoms with van der Waals surface area (Å²) in [5.41, 5.74) is -2.37. The number of aliphatic hydroxyl groups is 1. The quantitative estimate of drug-likeness (QED) is 0.686. The van der Waals surface area contributed by atoms with Gasteiger partial charge in [0.2, 0.25) is 5.78 Å². The van der Waals surface area contributed by atoms with Crippen LogP contribution in [0, 0.1) is 28.6 Å². The second-order valence-corrected chi connectivity index (χ2v) is 10.1. The topological polar surface area (TPSA) is 97.7 Å². The van der Waals surface area contributed by atoms with E-state index >= 15 is 0 Å². The van der Waals surface area contributed by atoms with Gasteiger partial charge >= 0.3 is 5.97 Å². The number of fused-ring (bicyclic) bond motifs is 5. The largest absolute Gasteiger partial charge is 0.458 e. The smallest absolute Gasteiger partial charge is 0.303 e. The van der Waals surface area contributed by atoms with Crippen LogP contribution in [0.2, 0.25) is 0 Å². The Morgan fingerprint density at radius 3 is 2.61 bits per heavy atom. The van der Waals surface area contributed by atoms with E-state index in [4.69, 9.17) is 4.74 Å². The van der Waals surface area contributed by atoms with Crippen LogP contribution in [0.5, 0.6) is 0 Å². The molecule has 6 atom stereocenters. The van der Waals surface area contributed by atoms with Crippen molar-refractivity contribution < 1.29 is 33.4 Å². The van der Waals surface area contributed by atoms with Gasteiger partial charge in [0.1, 0.15) is 18.1 Å². The van der Waals surface area contributed by atoms with Crippen LogP contribution in [0.25, 0.3) is 0 Å². The molecule has 4 aliphatic rings. The Bertz CT molecular complexity index is 934. The van der Waals surface area contributed by atoms with Gasteiger partial charge in [-0.2, -0.15) is 0 Å². The van der Waals surface area contributed by atoms with Gasteiger partial charge in [0.25, 0.3) is 0 Å². The van der Waals surface area contributed by atoms with Crippen LogP contribution in [-0.2, 0) is 23.9 Å². The molecule has 4 aliphatic carbocycles. The summed E-state index contributed by atoms with van der Waals surface area (Å²) in [6.07, 6.45) is 4.79. The Morgan fingerprint density at radius 2 is 1.97 bits per heavy atom. The summed E-state index contributed by atoms with van der Waals surface area (Å²) in [5, 5.41) is 11.4. The van der Waals surface area contributed by atoms with E-state index in [0.29, 0.717) is 30.4 Å². The van der Waals surface area contributed by atoms with Crippen LogP contribution in [0.1, 0.15) is 52.9 Å². The van der Waals surface area contributed by atoms with E-state index in [1.54, 1.807) is 13.0 Å². The minimum Gasteiger partial charge on any atom is -0.458 e. The fourth-order valence-corrected chi connectivity index (χ4v) is 6.96. The summed E-state index contributed by atoms with van der Waals surface area (Å²) in [5.74, 6) is -2.25. The summed E-state index contributed by atoms with van der Waals surface area (Å²) >= 11 is 0. The van der Waals surface area contributed by atoms with Crippen LogP contribution in [0.15, 0.2) is 23.3 Å². The number of alkyl halides is 1. The first kappa shape index (κ1) is 22.1. The number of hydrogen-bond donors (Lipinski definition) is 1. The van der Waals surface area contributed by atoms with Crippen molar-refractivity contribution >= 4 is 23.3 Å². The molecule has 0 saturated heterocycles. The number of esters is 1. The highest BCUT2D eigenvalue weighted by Crippen LogP contribution is 2.66. The fraction of sp³-hybridized carbons (Fsp3) is 0.667. The highest BCUT2D eigenvalue weighted by Gasteiger charge is 2.68. The van der Waals surface area contributed by atoms with E-state index in [9.17, 15) is 28.7 Å². The van der Waals surface area contributed by atoms with E-state index in [1.807, 2.05) is 6.92 Å². The lowest BCUT2D eigenvalue weighted by Gasteiger charge is -2.56. The van der Waals surface area contributed by atoms with Gasteiger partial charge in [-0.15, -0.1) is 0 Å². The van der Waals surface area contributed by atoms with Gasteiger partial charge in [0.05, 0.1) is 0 Å². The van der Waals surface area contributed by atoms with Gasteiger partial charge in [0.15, 0.2) is 12.4 Å². The zero-order chi connectivity index (χ0) is 22.8. The van der Waals surface area contributed by atoms with Crippen molar-refractivity contribution in [2.75, 3.05) is 13.3 Å². The molecule has 0 aromatic rings. The third kappa shape index (κ3) is 2.99. The van der Waals surface area contributed by atoms with Crippen LogP contribution in [0.3, 0.4) is 0 Å². The molecule has 0 bridgehead atoms. The third-order valence-electron chi connectivity index (χ3n) is 8.57. The molecule has 7 heteroatoms. The highest BCUT2D eigenvalue weighted by atomic mass is 19.1. The van der Waals surface area contributed by atoms with Crippen molar-refractivity contribution in [3.63, 3.8) is 0 Å². The van der Waals surface area contributed by atoms with E-state index in [-0.39, 0.29) is 36.2 Å². The van der Waals surface area contributed by atoms with Crippen molar-refractivity contribution in [3.8, 4) is 0 Å². The van der Waals surface area contributed by atoms with E-state index in [0.717, 1.165) is 0 Å². The minimum atomic E-state index is -1.78. The lowest BCUT2D eigenvalue weighted by atomic mass is 9.46. The van der Waals surface area contributed by atoms with Gasteiger partial charge < -0.3 is 9.84 Å². The second-order valence-electron chi connectivity index (χ2n) is 10.1. The molecule has 0 aliphatic heterocycles. The second kappa shape index (κ2) is 7.19. The standard InChI is InChI=1S/C24H29FO6/c1-13(26)31-12-20(29)24(30)7-5-17-16-8-14(11-25)18-9-15(27)4-6-22(18,2)21(16)19(28)10-23(17,24)3/h8-9,16-17,21,30H,4-7,10-12H2,1-3H3/t16-,17-,21+,22-,23-,24-/m0/s1. The maximum absolute atomic E-state index is 14.0. The van der Waals surface area contributed by atoms with E-state index < -0.39 is 47.4 Å². The molecule has 2 saturated carbocycles. The highest BCUT2D eigenvalue weighted by molar-refractivity contribution is 5.96.